The second-order valence-corrected chi connectivity index (χ2v) is 4.70. The molecule has 3 aromatic rings. The molecule has 2 heteroatoms. The van der Waals surface area contributed by atoms with Gasteiger partial charge in [0.15, 0.2) is 0 Å². The van der Waals surface area contributed by atoms with Crippen molar-refractivity contribution in [3.63, 3.8) is 0 Å². The van der Waals surface area contributed by atoms with E-state index in [-0.39, 0.29) is 6.04 Å². The molecule has 2 nitrogen and oxygen atoms in total. The highest BCUT2D eigenvalue weighted by atomic mass is 14.8. The summed E-state index contributed by atoms with van der Waals surface area (Å²) in [5.74, 6) is 0. The Morgan fingerprint density at radius 1 is 1.00 bits per heavy atom. The number of nitrogens with two attached hydrogens (primary N) is 1. The van der Waals surface area contributed by atoms with Crippen LogP contribution in [0.5, 0.6) is 0 Å². The minimum absolute atomic E-state index is 0.0997. The molecule has 18 heavy (non-hydrogen) atoms. The molecule has 0 bridgehead atoms. The summed E-state index contributed by atoms with van der Waals surface area (Å²) in [6.45, 7) is 2.08. The zero-order chi connectivity index (χ0) is 12.5. The van der Waals surface area contributed by atoms with E-state index in [1.54, 1.807) is 0 Å². The van der Waals surface area contributed by atoms with Crippen LogP contribution >= 0.6 is 0 Å². The third-order valence-corrected chi connectivity index (χ3v) is 3.29. The molecule has 1 aromatic heterocycles. The van der Waals surface area contributed by atoms with Crippen molar-refractivity contribution in [2.24, 2.45) is 5.73 Å². The van der Waals surface area contributed by atoms with Crippen molar-refractivity contribution in [2.45, 2.75) is 13.0 Å². The van der Waals surface area contributed by atoms with Crippen molar-refractivity contribution in [1.29, 1.82) is 0 Å². The molecule has 3 N–H and O–H groups in total. The number of fused-ring (bicyclic) bond motifs is 1. The van der Waals surface area contributed by atoms with Gasteiger partial charge in [-0.05, 0) is 30.0 Å². The minimum Gasteiger partial charge on any atom is -0.357 e. The van der Waals surface area contributed by atoms with E-state index in [9.17, 15) is 0 Å². The van der Waals surface area contributed by atoms with Crippen molar-refractivity contribution < 1.29 is 0 Å². The van der Waals surface area contributed by atoms with Gasteiger partial charge < -0.3 is 10.7 Å². The van der Waals surface area contributed by atoms with Crippen LogP contribution in [0.4, 0.5) is 0 Å². The number of rotatable bonds is 2. The Morgan fingerprint density at radius 2 is 1.83 bits per heavy atom. The van der Waals surface area contributed by atoms with Crippen molar-refractivity contribution in [2.75, 3.05) is 0 Å². The van der Waals surface area contributed by atoms with Gasteiger partial charge >= 0.3 is 0 Å². The number of aryl methyl sites for hydroxylation is 1. The predicted octanol–water partition coefficient (Wildman–Crippen LogP) is 3.52. The smallest absolute Gasteiger partial charge is 0.0704 e. The Balaban J connectivity index is 2.03. The van der Waals surface area contributed by atoms with Gasteiger partial charge in [0.25, 0.3) is 0 Å². The highest BCUT2D eigenvalue weighted by molar-refractivity contribution is 5.80. The Labute approximate surface area is 106 Å². The summed E-state index contributed by atoms with van der Waals surface area (Å²) >= 11 is 0. The zero-order valence-corrected chi connectivity index (χ0v) is 10.4. The lowest BCUT2D eigenvalue weighted by molar-refractivity contribution is 0.841. The van der Waals surface area contributed by atoms with Gasteiger partial charge in [-0.1, -0.05) is 48.0 Å². The first kappa shape index (κ1) is 11.1. The van der Waals surface area contributed by atoms with Crippen LogP contribution in [-0.4, -0.2) is 4.98 Å². The van der Waals surface area contributed by atoms with E-state index in [2.05, 4.69) is 48.3 Å². The van der Waals surface area contributed by atoms with Crippen LogP contribution in [0.1, 0.15) is 22.9 Å². The molecule has 0 aliphatic rings. The maximum Gasteiger partial charge on any atom is 0.0704 e. The van der Waals surface area contributed by atoms with Gasteiger partial charge in [-0.25, -0.2) is 0 Å². The topological polar surface area (TPSA) is 41.8 Å². The van der Waals surface area contributed by atoms with Gasteiger partial charge in [0, 0.05) is 11.2 Å². The van der Waals surface area contributed by atoms with E-state index < -0.39 is 0 Å². The standard InChI is InChI=1S/C16H16N2/c1-11-5-4-7-13(9-11)16(17)15-10-12-6-2-3-8-14(12)18-15/h2-10,16,18H,17H2,1H3. The monoisotopic (exact) mass is 236 g/mol. The number of H-pyrrole nitrogens is 1. The number of hydrogen-bond acceptors (Lipinski definition) is 1. The van der Waals surface area contributed by atoms with E-state index in [0.29, 0.717) is 0 Å². The average molecular weight is 236 g/mol. The molecule has 0 saturated heterocycles. The molecule has 0 amide bonds. The van der Waals surface area contributed by atoms with Crippen LogP contribution in [0.25, 0.3) is 10.9 Å². The maximum absolute atomic E-state index is 6.32. The van der Waals surface area contributed by atoms with E-state index in [1.807, 2.05) is 18.2 Å². The fourth-order valence-electron chi connectivity index (χ4n) is 2.31. The van der Waals surface area contributed by atoms with Crippen LogP contribution in [-0.2, 0) is 0 Å². The largest absolute Gasteiger partial charge is 0.357 e. The second kappa shape index (κ2) is 4.31. The molecule has 1 unspecified atom stereocenters. The first-order chi connectivity index (χ1) is 8.74. The molecule has 3 rings (SSSR count). The minimum atomic E-state index is -0.0997. The number of benzene rings is 2. The molecule has 0 spiro atoms. The van der Waals surface area contributed by atoms with Gasteiger partial charge in [0.1, 0.15) is 0 Å². The molecule has 90 valence electrons. The fraction of sp³-hybridized carbons (Fsp3) is 0.125. The Morgan fingerprint density at radius 3 is 2.61 bits per heavy atom. The number of aromatic amines is 1. The molecule has 0 radical (unpaired) electrons. The van der Waals surface area contributed by atoms with Gasteiger partial charge in [-0.3, -0.25) is 0 Å². The molecule has 0 aliphatic heterocycles. The molecule has 2 aromatic carbocycles. The van der Waals surface area contributed by atoms with Crippen molar-refractivity contribution in [3.05, 3.63) is 71.4 Å². The number of para-hydroxylation sites is 1. The van der Waals surface area contributed by atoms with E-state index in [1.165, 1.54) is 10.9 Å². The van der Waals surface area contributed by atoms with Crippen molar-refractivity contribution in [1.82, 2.24) is 4.98 Å². The molecular weight excluding hydrogens is 220 g/mol. The van der Waals surface area contributed by atoms with Crippen molar-refractivity contribution in [3.8, 4) is 0 Å². The molecule has 0 aliphatic carbocycles. The molecule has 0 fully saturated rings. The number of nitrogens with one attached hydrogen (secondary N) is 1. The van der Waals surface area contributed by atoms with Gasteiger partial charge in [-0.15, -0.1) is 0 Å². The summed E-state index contributed by atoms with van der Waals surface area (Å²) < 4.78 is 0. The molecular formula is C16H16N2. The zero-order valence-electron chi connectivity index (χ0n) is 10.4. The highest BCUT2D eigenvalue weighted by Crippen LogP contribution is 2.23. The third kappa shape index (κ3) is 1.91. The first-order valence-corrected chi connectivity index (χ1v) is 6.14. The maximum atomic E-state index is 6.32. The van der Waals surface area contributed by atoms with E-state index in [4.69, 9.17) is 5.73 Å². The van der Waals surface area contributed by atoms with Crippen LogP contribution in [0.3, 0.4) is 0 Å². The van der Waals surface area contributed by atoms with Crippen LogP contribution in [0, 0.1) is 6.92 Å². The summed E-state index contributed by atoms with van der Waals surface area (Å²) in [5, 5.41) is 1.20. The Bertz CT molecular complexity index is 649. The molecule has 0 saturated carbocycles. The van der Waals surface area contributed by atoms with E-state index >= 15 is 0 Å². The first-order valence-electron chi connectivity index (χ1n) is 6.14. The third-order valence-electron chi connectivity index (χ3n) is 3.29. The lowest BCUT2D eigenvalue weighted by Crippen LogP contribution is -2.12. The highest BCUT2D eigenvalue weighted by Gasteiger charge is 2.11. The number of aromatic nitrogens is 1. The second-order valence-electron chi connectivity index (χ2n) is 4.70. The number of hydrogen-bond donors (Lipinski definition) is 2. The Hall–Kier alpha value is -2.06. The fourth-order valence-corrected chi connectivity index (χ4v) is 2.31. The molecule has 1 atom stereocenters. The lowest BCUT2D eigenvalue weighted by atomic mass is 10.0. The van der Waals surface area contributed by atoms with Crippen LogP contribution in [0.15, 0.2) is 54.6 Å². The Kier molecular flexibility index (Phi) is 2.65. The predicted molar refractivity (Wildman–Crippen MR) is 75.5 cm³/mol. The summed E-state index contributed by atoms with van der Waals surface area (Å²) in [6.07, 6.45) is 0. The summed E-state index contributed by atoms with van der Waals surface area (Å²) in [6, 6.07) is 18.6. The average Bonchev–Trinajstić information content (AvgIpc) is 2.81. The lowest BCUT2D eigenvalue weighted by Gasteiger charge is -2.10. The molecule has 1 heterocycles. The van der Waals surface area contributed by atoms with Crippen LogP contribution < -0.4 is 5.73 Å². The normalized spacial score (nSPS) is 12.8. The van der Waals surface area contributed by atoms with Crippen LogP contribution in [0.2, 0.25) is 0 Å². The summed E-state index contributed by atoms with van der Waals surface area (Å²) in [4.78, 5) is 3.39. The van der Waals surface area contributed by atoms with Gasteiger partial charge in [0.2, 0.25) is 0 Å². The van der Waals surface area contributed by atoms with Gasteiger partial charge in [0.05, 0.1) is 6.04 Å². The SMILES string of the molecule is Cc1cccc(C(N)c2cc3ccccc3[nH]2)c1. The summed E-state index contributed by atoms with van der Waals surface area (Å²) in [5.41, 5.74) is 10.9. The summed E-state index contributed by atoms with van der Waals surface area (Å²) in [7, 11) is 0. The van der Waals surface area contributed by atoms with Gasteiger partial charge in [-0.2, -0.15) is 0 Å². The van der Waals surface area contributed by atoms with E-state index in [0.717, 1.165) is 16.8 Å². The van der Waals surface area contributed by atoms with Crippen molar-refractivity contribution >= 4 is 10.9 Å². The quantitative estimate of drug-likeness (QED) is 0.702.